The van der Waals surface area contributed by atoms with Crippen LogP contribution in [0.25, 0.3) is 10.9 Å². The van der Waals surface area contributed by atoms with Crippen molar-refractivity contribution in [3.8, 4) is 11.5 Å². The molecule has 2 heterocycles. The fourth-order valence-electron chi connectivity index (χ4n) is 4.12. The number of hydrogen-bond donors (Lipinski definition) is 0. The highest BCUT2D eigenvalue weighted by Gasteiger charge is 2.19. The summed E-state index contributed by atoms with van der Waals surface area (Å²) in [7, 11) is 0. The van der Waals surface area contributed by atoms with Gasteiger partial charge in [0.05, 0.1) is 23.2 Å². The molecule has 3 aromatic carbocycles. The number of benzene rings is 3. The standard InChI is InChI=1S/C27H25N3O4S/c1-3-29(20-8-6-7-18(2)13-20)25(31)16-35-27-28-22-10-5-4-9-21(22)26(32)30(27)15-19-11-12-23-24(14-19)34-17-33-23/h4-14H,3,15-17H2,1-2H3. The molecule has 5 rings (SSSR count). The van der Waals surface area contributed by atoms with E-state index in [4.69, 9.17) is 14.5 Å². The van der Waals surface area contributed by atoms with Gasteiger partial charge in [0.2, 0.25) is 12.7 Å². The molecule has 0 saturated heterocycles. The van der Waals surface area contributed by atoms with Gasteiger partial charge in [-0.25, -0.2) is 4.98 Å². The summed E-state index contributed by atoms with van der Waals surface area (Å²) in [5.41, 5.74) is 3.31. The second-order valence-electron chi connectivity index (χ2n) is 8.26. The monoisotopic (exact) mass is 487 g/mol. The Kier molecular flexibility index (Phi) is 6.46. The van der Waals surface area contributed by atoms with Crippen LogP contribution < -0.4 is 19.9 Å². The van der Waals surface area contributed by atoms with Crippen LogP contribution in [0, 0.1) is 6.92 Å². The lowest BCUT2D eigenvalue weighted by Crippen LogP contribution is -2.32. The largest absolute Gasteiger partial charge is 0.454 e. The quantitative estimate of drug-likeness (QED) is 0.280. The summed E-state index contributed by atoms with van der Waals surface area (Å²) in [6.45, 7) is 5.00. The van der Waals surface area contributed by atoms with Gasteiger partial charge in [-0.2, -0.15) is 0 Å². The zero-order valence-corrected chi connectivity index (χ0v) is 20.4. The Morgan fingerprint density at radius 1 is 1.06 bits per heavy atom. The van der Waals surface area contributed by atoms with E-state index in [1.165, 1.54) is 11.8 Å². The molecule has 8 heteroatoms. The average molecular weight is 488 g/mol. The molecular weight excluding hydrogens is 462 g/mol. The van der Waals surface area contributed by atoms with Gasteiger partial charge in [-0.1, -0.05) is 42.1 Å². The topological polar surface area (TPSA) is 73.7 Å². The number of anilines is 1. The molecule has 0 unspecified atom stereocenters. The SMILES string of the molecule is CCN(C(=O)CSc1nc2ccccc2c(=O)n1Cc1ccc2c(c1)OCO2)c1cccc(C)c1. The first-order valence-corrected chi connectivity index (χ1v) is 12.4. The third-order valence-corrected chi connectivity index (χ3v) is 6.82. The van der Waals surface area contributed by atoms with Gasteiger partial charge in [-0.15, -0.1) is 0 Å². The Labute approximate surface area is 207 Å². The molecule has 0 bridgehead atoms. The smallest absolute Gasteiger partial charge is 0.262 e. The summed E-state index contributed by atoms with van der Waals surface area (Å²) in [4.78, 5) is 33.1. The lowest BCUT2D eigenvalue weighted by atomic mass is 10.2. The maximum Gasteiger partial charge on any atom is 0.262 e. The summed E-state index contributed by atoms with van der Waals surface area (Å²) >= 11 is 1.28. The minimum absolute atomic E-state index is 0.0415. The molecule has 7 nitrogen and oxygen atoms in total. The fraction of sp³-hybridized carbons (Fsp3) is 0.222. The maximum atomic E-state index is 13.4. The number of amides is 1. The van der Waals surface area contributed by atoms with E-state index >= 15 is 0 Å². The zero-order valence-electron chi connectivity index (χ0n) is 19.6. The molecule has 0 atom stereocenters. The van der Waals surface area contributed by atoms with E-state index in [0.717, 1.165) is 16.8 Å². The van der Waals surface area contributed by atoms with Crippen LogP contribution in [0.15, 0.2) is 76.7 Å². The normalized spacial score (nSPS) is 12.2. The van der Waals surface area contributed by atoms with Crippen molar-refractivity contribution in [2.24, 2.45) is 0 Å². The predicted octanol–water partition coefficient (Wildman–Crippen LogP) is 4.63. The first kappa shape index (κ1) is 23.0. The number of fused-ring (bicyclic) bond motifs is 2. The number of nitrogens with zero attached hydrogens (tertiary/aromatic N) is 3. The number of carbonyl (C=O) groups is 1. The molecule has 0 saturated carbocycles. The minimum atomic E-state index is -0.144. The molecule has 0 fully saturated rings. The van der Waals surface area contributed by atoms with Gasteiger partial charge in [0.1, 0.15) is 0 Å². The number of para-hydroxylation sites is 1. The summed E-state index contributed by atoms with van der Waals surface area (Å²) in [6.07, 6.45) is 0. The predicted molar refractivity (Wildman–Crippen MR) is 138 cm³/mol. The molecule has 0 aliphatic carbocycles. The molecule has 1 aliphatic heterocycles. The van der Waals surface area contributed by atoms with Gasteiger partial charge in [0, 0.05) is 12.2 Å². The number of rotatable bonds is 7. The van der Waals surface area contributed by atoms with Gasteiger partial charge in [-0.05, 0) is 61.4 Å². The van der Waals surface area contributed by atoms with Gasteiger partial charge in [0.15, 0.2) is 16.7 Å². The van der Waals surface area contributed by atoms with Gasteiger partial charge >= 0.3 is 0 Å². The van der Waals surface area contributed by atoms with Crippen molar-refractivity contribution in [2.45, 2.75) is 25.5 Å². The summed E-state index contributed by atoms with van der Waals surface area (Å²) in [5, 5.41) is 1.04. The van der Waals surface area contributed by atoms with Gasteiger partial charge in [0.25, 0.3) is 5.56 Å². The van der Waals surface area contributed by atoms with Crippen LogP contribution in [0.4, 0.5) is 5.69 Å². The maximum absolute atomic E-state index is 13.4. The Balaban J connectivity index is 1.45. The van der Waals surface area contributed by atoms with Gasteiger partial charge < -0.3 is 14.4 Å². The molecule has 0 spiro atoms. The highest BCUT2D eigenvalue weighted by Crippen LogP contribution is 2.33. The van der Waals surface area contributed by atoms with Crippen LogP contribution in [0.5, 0.6) is 11.5 Å². The highest BCUT2D eigenvalue weighted by molar-refractivity contribution is 7.99. The van der Waals surface area contributed by atoms with E-state index in [2.05, 4.69) is 0 Å². The van der Waals surface area contributed by atoms with E-state index in [0.29, 0.717) is 40.6 Å². The Morgan fingerprint density at radius 3 is 2.71 bits per heavy atom. The van der Waals surface area contributed by atoms with Crippen LogP contribution in [0.1, 0.15) is 18.1 Å². The first-order valence-electron chi connectivity index (χ1n) is 11.4. The zero-order chi connectivity index (χ0) is 24.4. The number of aromatic nitrogens is 2. The second-order valence-corrected chi connectivity index (χ2v) is 9.20. The second kappa shape index (κ2) is 9.84. The van der Waals surface area contributed by atoms with Crippen molar-refractivity contribution < 1.29 is 14.3 Å². The Morgan fingerprint density at radius 2 is 1.89 bits per heavy atom. The van der Waals surface area contributed by atoms with Gasteiger partial charge in [-0.3, -0.25) is 14.2 Å². The summed E-state index contributed by atoms with van der Waals surface area (Å²) in [6, 6.07) is 20.8. The molecule has 35 heavy (non-hydrogen) atoms. The number of carbonyl (C=O) groups excluding carboxylic acids is 1. The van der Waals surface area contributed by atoms with Crippen molar-refractivity contribution in [1.82, 2.24) is 9.55 Å². The van der Waals surface area contributed by atoms with Crippen molar-refractivity contribution in [1.29, 1.82) is 0 Å². The van der Waals surface area contributed by atoms with Crippen LogP contribution in [-0.4, -0.2) is 34.5 Å². The van der Waals surface area contributed by atoms with Crippen LogP contribution >= 0.6 is 11.8 Å². The Hall–Kier alpha value is -3.78. The number of thioether (sulfide) groups is 1. The van der Waals surface area contributed by atoms with Crippen molar-refractivity contribution in [2.75, 3.05) is 24.0 Å². The summed E-state index contributed by atoms with van der Waals surface area (Å²) in [5.74, 6) is 1.47. The van der Waals surface area contributed by atoms with Crippen LogP contribution in [0.3, 0.4) is 0 Å². The van der Waals surface area contributed by atoms with Crippen LogP contribution in [0.2, 0.25) is 0 Å². The molecule has 0 radical (unpaired) electrons. The number of ether oxygens (including phenoxy) is 2. The molecule has 1 amide bonds. The van der Waals surface area contributed by atoms with E-state index in [-0.39, 0.29) is 24.0 Å². The first-order chi connectivity index (χ1) is 17.0. The van der Waals surface area contributed by atoms with E-state index in [9.17, 15) is 9.59 Å². The third kappa shape index (κ3) is 4.74. The number of aryl methyl sites for hydroxylation is 1. The van der Waals surface area contributed by atoms with Crippen molar-refractivity contribution in [3.63, 3.8) is 0 Å². The lowest BCUT2D eigenvalue weighted by Gasteiger charge is -2.21. The number of hydrogen-bond acceptors (Lipinski definition) is 6. The van der Waals surface area contributed by atoms with Crippen molar-refractivity contribution in [3.05, 3.63) is 88.2 Å². The van der Waals surface area contributed by atoms with Crippen LogP contribution in [-0.2, 0) is 11.3 Å². The highest BCUT2D eigenvalue weighted by atomic mass is 32.2. The van der Waals surface area contributed by atoms with E-state index < -0.39 is 0 Å². The molecule has 0 N–H and O–H groups in total. The molecule has 4 aromatic rings. The minimum Gasteiger partial charge on any atom is -0.454 e. The van der Waals surface area contributed by atoms with E-state index in [1.54, 1.807) is 15.5 Å². The van der Waals surface area contributed by atoms with E-state index in [1.807, 2.05) is 74.5 Å². The Bertz CT molecular complexity index is 1470. The van der Waals surface area contributed by atoms with Crippen molar-refractivity contribution >= 4 is 34.3 Å². The average Bonchev–Trinajstić information content (AvgIpc) is 3.33. The lowest BCUT2D eigenvalue weighted by molar-refractivity contribution is -0.116. The molecule has 1 aromatic heterocycles. The third-order valence-electron chi connectivity index (χ3n) is 5.86. The summed E-state index contributed by atoms with van der Waals surface area (Å²) < 4.78 is 12.5. The fourth-order valence-corrected chi connectivity index (χ4v) is 5.00. The molecule has 178 valence electrons. The molecule has 1 aliphatic rings. The molecular formula is C27H25N3O4S.